The molecule has 5 rings (SSSR count). The molecule has 9 heteroatoms. The number of aliphatic imine (C=N–C) groups is 1. The minimum absolute atomic E-state index is 0.104. The Kier molecular flexibility index (Phi) is 7.42. The van der Waals surface area contributed by atoms with E-state index in [4.69, 9.17) is 10.7 Å². The number of nitrogens with zero attached hydrogens (tertiary/aromatic N) is 6. The van der Waals surface area contributed by atoms with Crippen molar-refractivity contribution in [3.05, 3.63) is 108 Å². The van der Waals surface area contributed by atoms with Gasteiger partial charge in [-0.1, -0.05) is 48.2 Å². The standard InChI is InChI=1S/C31H26N8O/c1-4-21(13-16-33-3)11-12-23-14-17-34-25-19-24(27(37-28(23)25)22-9-6-5-7-10-22)20(2)36-31(40)26-29(32)38-39-18-8-15-35-30(26)39/h4-10,13-20H,3H2,1-2H3,(H2,32,38)(H,36,40)/b16-13-,21-4-/t20-/m1/s1. The number of nitrogens with one attached hydrogen (secondary N) is 1. The largest absolute Gasteiger partial charge is 0.381 e. The SMILES string of the molecule is C=N/C=C\C(C#Cc1ccnc2cc([C@@H](C)NC(=O)c3c(N)nn4cccnc34)c(-c3ccccc3)nc12)=C/C. The summed E-state index contributed by atoms with van der Waals surface area (Å²) in [7, 11) is 0. The predicted molar refractivity (Wildman–Crippen MR) is 158 cm³/mol. The van der Waals surface area contributed by atoms with Gasteiger partial charge in [-0.15, -0.1) is 5.10 Å². The van der Waals surface area contributed by atoms with Gasteiger partial charge in [0.1, 0.15) is 11.1 Å². The van der Waals surface area contributed by atoms with Crippen LogP contribution in [0, 0.1) is 11.8 Å². The Balaban J connectivity index is 1.59. The molecule has 0 unspecified atom stereocenters. The maximum atomic E-state index is 13.4. The third-order valence-corrected chi connectivity index (χ3v) is 6.26. The number of nitrogens with two attached hydrogens (primary N) is 1. The first-order valence-corrected chi connectivity index (χ1v) is 12.6. The average Bonchev–Trinajstić information content (AvgIpc) is 3.32. The number of rotatable bonds is 6. The highest BCUT2D eigenvalue weighted by molar-refractivity contribution is 6.04. The van der Waals surface area contributed by atoms with Crippen LogP contribution in [-0.2, 0) is 0 Å². The molecular formula is C31H26N8O. The summed E-state index contributed by atoms with van der Waals surface area (Å²) in [4.78, 5) is 31.0. The number of pyridine rings is 2. The van der Waals surface area contributed by atoms with Gasteiger partial charge in [-0.3, -0.25) is 14.8 Å². The number of hydrogen-bond donors (Lipinski definition) is 2. The summed E-state index contributed by atoms with van der Waals surface area (Å²) in [6.45, 7) is 7.27. The summed E-state index contributed by atoms with van der Waals surface area (Å²) in [6, 6.07) is 14.8. The van der Waals surface area contributed by atoms with Gasteiger partial charge in [-0.05, 0) is 44.8 Å². The average molecular weight is 527 g/mol. The van der Waals surface area contributed by atoms with Crippen LogP contribution in [0.4, 0.5) is 5.82 Å². The number of anilines is 1. The molecule has 40 heavy (non-hydrogen) atoms. The van der Waals surface area contributed by atoms with Crippen molar-refractivity contribution in [3.63, 3.8) is 0 Å². The van der Waals surface area contributed by atoms with E-state index in [1.54, 1.807) is 36.9 Å². The van der Waals surface area contributed by atoms with Gasteiger partial charge in [0.25, 0.3) is 5.91 Å². The van der Waals surface area contributed by atoms with Crippen molar-refractivity contribution in [1.29, 1.82) is 0 Å². The summed E-state index contributed by atoms with van der Waals surface area (Å²) < 4.78 is 1.48. The molecule has 4 heterocycles. The lowest BCUT2D eigenvalue weighted by molar-refractivity contribution is 0.0942. The van der Waals surface area contributed by atoms with Crippen molar-refractivity contribution in [2.24, 2.45) is 4.99 Å². The van der Waals surface area contributed by atoms with Crippen LogP contribution in [0.2, 0.25) is 0 Å². The molecule has 0 radical (unpaired) electrons. The molecular weight excluding hydrogens is 500 g/mol. The molecule has 0 aliphatic rings. The van der Waals surface area contributed by atoms with Crippen molar-refractivity contribution >= 4 is 35.1 Å². The molecule has 196 valence electrons. The van der Waals surface area contributed by atoms with Gasteiger partial charge < -0.3 is 11.1 Å². The predicted octanol–water partition coefficient (Wildman–Crippen LogP) is 4.92. The summed E-state index contributed by atoms with van der Waals surface area (Å²) in [5.41, 5.74) is 11.9. The molecule has 0 saturated carbocycles. The molecule has 0 aliphatic carbocycles. The summed E-state index contributed by atoms with van der Waals surface area (Å²) in [5.74, 6) is 6.09. The zero-order chi connectivity index (χ0) is 28.1. The number of allylic oxidation sites excluding steroid dienone is 3. The van der Waals surface area contributed by atoms with Crippen LogP contribution in [0.1, 0.15) is 41.4 Å². The quantitative estimate of drug-likeness (QED) is 0.184. The van der Waals surface area contributed by atoms with Gasteiger partial charge in [-0.2, -0.15) is 0 Å². The van der Waals surface area contributed by atoms with Gasteiger partial charge in [0, 0.05) is 41.5 Å². The number of aromatic nitrogens is 5. The second kappa shape index (κ2) is 11.4. The normalized spacial score (nSPS) is 12.3. The van der Waals surface area contributed by atoms with Crippen LogP contribution < -0.4 is 11.1 Å². The third kappa shape index (κ3) is 5.19. The number of amides is 1. The molecule has 1 atom stereocenters. The molecule has 4 aromatic heterocycles. The monoisotopic (exact) mass is 526 g/mol. The van der Waals surface area contributed by atoms with Gasteiger partial charge in [0.2, 0.25) is 0 Å². The number of hydrogen-bond acceptors (Lipinski definition) is 7. The van der Waals surface area contributed by atoms with E-state index < -0.39 is 6.04 Å². The lowest BCUT2D eigenvalue weighted by Gasteiger charge is -2.19. The number of nitrogen functional groups attached to an aromatic ring is 1. The Bertz CT molecular complexity index is 1860. The Labute approximate surface area is 231 Å². The van der Waals surface area contributed by atoms with E-state index in [0.29, 0.717) is 22.4 Å². The van der Waals surface area contributed by atoms with Gasteiger partial charge in [0.15, 0.2) is 11.5 Å². The van der Waals surface area contributed by atoms with Crippen LogP contribution >= 0.6 is 0 Å². The van der Waals surface area contributed by atoms with E-state index >= 15 is 0 Å². The van der Waals surface area contributed by atoms with Crippen molar-refractivity contribution in [2.45, 2.75) is 19.9 Å². The highest BCUT2D eigenvalue weighted by Gasteiger charge is 2.23. The van der Waals surface area contributed by atoms with Crippen LogP contribution in [0.5, 0.6) is 0 Å². The lowest BCUT2D eigenvalue weighted by atomic mass is 9.98. The molecule has 0 saturated heterocycles. The summed E-state index contributed by atoms with van der Waals surface area (Å²) >= 11 is 0. The van der Waals surface area contributed by atoms with E-state index in [1.165, 1.54) is 4.52 Å². The first-order chi connectivity index (χ1) is 19.5. The van der Waals surface area contributed by atoms with E-state index in [1.807, 2.05) is 62.4 Å². The molecule has 1 aromatic carbocycles. The first-order valence-electron chi connectivity index (χ1n) is 12.6. The zero-order valence-corrected chi connectivity index (χ0v) is 22.0. The lowest BCUT2D eigenvalue weighted by Crippen LogP contribution is -2.28. The van der Waals surface area contributed by atoms with E-state index in [9.17, 15) is 4.79 Å². The van der Waals surface area contributed by atoms with E-state index in [-0.39, 0.29) is 17.3 Å². The second-order valence-corrected chi connectivity index (χ2v) is 8.85. The molecule has 1 amide bonds. The zero-order valence-electron chi connectivity index (χ0n) is 22.0. The van der Waals surface area contributed by atoms with Crippen LogP contribution in [0.25, 0.3) is 27.9 Å². The maximum Gasteiger partial charge on any atom is 0.259 e. The minimum Gasteiger partial charge on any atom is -0.381 e. The topological polar surface area (TPSA) is 123 Å². The third-order valence-electron chi connectivity index (χ3n) is 6.26. The second-order valence-electron chi connectivity index (χ2n) is 8.85. The molecule has 0 fully saturated rings. The fraction of sp³-hybridized carbons (Fsp3) is 0.0968. The smallest absolute Gasteiger partial charge is 0.259 e. The molecule has 0 spiro atoms. The van der Waals surface area contributed by atoms with Crippen molar-refractivity contribution < 1.29 is 4.79 Å². The van der Waals surface area contributed by atoms with Gasteiger partial charge in [0.05, 0.1) is 22.8 Å². The molecule has 0 bridgehead atoms. The summed E-state index contributed by atoms with van der Waals surface area (Å²) in [5, 5.41) is 7.25. The fourth-order valence-corrected chi connectivity index (χ4v) is 4.29. The van der Waals surface area contributed by atoms with Crippen molar-refractivity contribution in [1.82, 2.24) is 29.9 Å². The Hall–Kier alpha value is -5.62. The first kappa shape index (κ1) is 26.0. The van der Waals surface area contributed by atoms with Crippen molar-refractivity contribution in [2.75, 3.05) is 5.73 Å². The van der Waals surface area contributed by atoms with Gasteiger partial charge in [-0.25, -0.2) is 14.5 Å². The number of benzene rings is 1. The minimum atomic E-state index is -0.444. The fourth-order valence-electron chi connectivity index (χ4n) is 4.29. The van der Waals surface area contributed by atoms with Crippen molar-refractivity contribution in [3.8, 4) is 23.1 Å². The van der Waals surface area contributed by atoms with Crippen LogP contribution in [0.15, 0.2) is 96.0 Å². The van der Waals surface area contributed by atoms with E-state index in [0.717, 1.165) is 22.3 Å². The van der Waals surface area contributed by atoms with Gasteiger partial charge >= 0.3 is 0 Å². The Morgan fingerprint density at radius 1 is 1.18 bits per heavy atom. The highest BCUT2D eigenvalue weighted by atomic mass is 16.1. The molecule has 9 nitrogen and oxygen atoms in total. The number of carbonyl (C=O) groups is 1. The van der Waals surface area contributed by atoms with Crippen LogP contribution in [0.3, 0.4) is 0 Å². The highest BCUT2D eigenvalue weighted by Crippen LogP contribution is 2.31. The maximum absolute atomic E-state index is 13.4. The summed E-state index contributed by atoms with van der Waals surface area (Å²) in [6.07, 6.45) is 10.3. The Morgan fingerprint density at radius 3 is 2.77 bits per heavy atom. The number of fused-ring (bicyclic) bond motifs is 2. The Morgan fingerprint density at radius 2 is 2.00 bits per heavy atom. The molecule has 5 aromatic rings. The number of carbonyl (C=O) groups excluding carboxylic acids is 1. The molecule has 0 aliphatic heterocycles. The molecule has 3 N–H and O–H groups in total. The van der Waals surface area contributed by atoms with Crippen LogP contribution in [-0.4, -0.2) is 37.2 Å². The van der Waals surface area contributed by atoms with E-state index in [2.05, 4.69) is 43.9 Å².